The first-order valence-corrected chi connectivity index (χ1v) is 6.70. The van der Waals surface area contributed by atoms with E-state index in [1.54, 1.807) is 0 Å². The minimum absolute atomic E-state index is 0.314. The van der Waals surface area contributed by atoms with Gasteiger partial charge in [0.05, 0.1) is 18.1 Å². The molecule has 0 bridgehead atoms. The molecule has 0 spiro atoms. The summed E-state index contributed by atoms with van der Waals surface area (Å²) in [5, 5.41) is 0. The molecule has 1 aliphatic carbocycles. The highest BCUT2D eigenvalue weighted by molar-refractivity contribution is 5.07. The van der Waals surface area contributed by atoms with Crippen LogP contribution in [0.15, 0.2) is 12.5 Å². The van der Waals surface area contributed by atoms with Crippen LogP contribution in [0.25, 0.3) is 0 Å². The number of hydrogen-bond acceptors (Lipinski definition) is 3. The second-order valence-corrected chi connectivity index (χ2v) is 5.01. The lowest BCUT2D eigenvalue weighted by Gasteiger charge is -2.39. The molecule has 1 heterocycles. The van der Waals surface area contributed by atoms with Crippen LogP contribution in [0.4, 0.5) is 0 Å². The maximum absolute atomic E-state index is 5.96. The molecule has 1 atom stereocenters. The molecule has 0 saturated heterocycles. The van der Waals surface area contributed by atoms with Gasteiger partial charge in [0.15, 0.2) is 0 Å². The third-order valence-electron chi connectivity index (χ3n) is 3.92. The lowest BCUT2D eigenvalue weighted by molar-refractivity contribution is 0.109. The number of aromatic nitrogens is 2. The fourth-order valence-electron chi connectivity index (χ4n) is 2.58. The summed E-state index contributed by atoms with van der Waals surface area (Å²) in [4.78, 5) is 6.71. The molecular weight excluding hydrogens is 212 g/mol. The highest BCUT2D eigenvalue weighted by Gasteiger charge is 2.29. The molecule has 0 aliphatic heterocycles. The lowest BCUT2D eigenvalue weighted by atomic mass is 9.90. The first kappa shape index (κ1) is 12.6. The maximum atomic E-state index is 5.96. The van der Waals surface area contributed by atoms with Crippen molar-refractivity contribution in [3.63, 3.8) is 0 Å². The number of rotatable bonds is 6. The fraction of sp³-hybridized carbons (Fsp3) is 0.769. The highest BCUT2D eigenvalue weighted by atomic mass is 15.2. The van der Waals surface area contributed by atoms with Crippen molar-refractivity contribution in [2.24, 2.45) is 5.73 Å². The van der Waals surface area contributed by atoms with Gasteiger partial charge in [-0.1, -0.05) is 13.3 Å². The van der Waals surface area contributed by atoms with E-state index in [9.17, 15) is 0 Å². The zero-order chi connectivity index (χ0) is 12.3. The van der Waals surface area contributed by atoms with Crippen molar-refractivity contribution >= 4 is 0 Å². The predicted octanol–water partition coefficient (Wildman–Crippen LogP) is 1.78. The summed E-state index contributed by atoms with van der Waals surface area (Å²) in [5.41, 5.74) is 7.23. The maximum Gasteiger partial charge on any atom is 0.0948 e. The van der Waals surface area contributed by atoms with E-state index in [0.29, 0.717) is 18.6 Å². The average molecular weight is 236 g/mol. The Kier molecular flexibility index (Phi) is 4.18. The summed E-state index contributed by atoms with van der Waals surface area (Å²) in [6.45, 7) is 3.89. The topological polar surface area (TPSA) is 47.1 Å². The predicted molar refractivity (Wildman–Crippen MR) is 69.7 cm³/mol. The van der Waals surface area contributed by atoms with Crippen LogP contribution in [0.5, 0.6) is 0 Å². The Balaban J connectivity index is 2.12. The summed E-state index contributed by atoms with van der Waals surface area (Å²) in [6.07, 6.45) is 9.02. The molecule has 0 aromatic carbocycles. The van der Waals surface area contributed by atoms with Gasteiger partial charge in [0.2, 0.25) is 0 Å². The van der Waals surface area contributed by atoms with Crippen molar-refractivity contribution in [3.8, 4) is 0 Å². The zero-order valence-corrected chi connectivity index (χ0v) is 11.0. The molecule has 4 nitrogen and oxygen atoms in total. The number of nitrogens with two attached hydrogens (primary N) is 1. The number of aryl methyl sites for hydroxylation is 1. The van der Waals surface area contributed by atoms with E-state index in [2.05, 4.69) is 28.4 Å². The van der Waals surface area contributed by atoms with Crippen LogP contribution in [-0.4, -0.2) is 34.1 Å². The van der Waals surface area contributed by atoms with Crippen LogP contribution in [0.3, 0.4) is 0 Å². The number of imidazole rings is 1. The zero-order valence-electron chi connectivity index (χ0n) is 11.0. The van der Waals surface area contributed by atoms with Crippen molar-refractivity contribution < 1.29 is 0 Å². The van der Waals surface area contributed by atoms with Gasteiger partial charge in [-0.2, -0.15) is 0 Å². The van der Waals surface area contributed by atoms with E-state index in [0.717, 1.165) is 13.0 Å². The molecule has 1 aromatic heterocycles. The van der Waals surface area contributed by atoms with E-state index < -0.39 is 0 Å². The third-order valence-corrected chi connectivity index (χ3v) is 3.92. The largest absolute Gasteiger partial charge is 0.333 e. The Morgan fingerprint density at radius 2 is 2.35 bits per heavy atom. The van der Waals surface area contributed by atoms with Crippen molar-refractivity contribution in [1.29, 1.82) is 0 Å². The molecule has 2 rings (SSSR count). The lowest BCUT2D eigenvalue weighted by Crippen LogP contribution is -2.43. The Morgan fingerprint density at radius 1 is 1.59 bits per heavy atom. The number of hydrogen-bond donors (Lipinski definition) is 1. The minimum atomic E-state index is 0.314. The smallest absolute Gasteiger partial charge is 0.0948 e. The van der Waals surface area contributed by atoms with Crippen molar-refractivity contribution in [1.82, 2.24) is 14.5 Å². The van der Waals surface area contributed by atoms with Crippen LogP contribution in [0, 0.1) is 0 Å². The average Bonchev–Trinajstić information content (AvgIpc) is 2.66. The first-order valence-electron chi connectivity index (χ1n) is 6.70. The third kappa shape index (κ3) is 2.53. The Labute approximate surface area is 104 Å². The van der Waals surface area contributed by atoms with Gasteiger partial charge < -0.3 is 10.3 Å². The molecule has 1 saturated carbocycles. The summed E-state index contributed by atoms with van der Waals surface area (Å²) in [6, 6.07) is 1.03. The Morgan fingerprint density at radius 3 is 2.88 bits per heavy atom. The molecule has 1 fully saturated rings. The second-order valence-electron chi connectivity index (χ2n) is 5.01. The van der Waals surface area contributed by atoms with Crippen molar-refractivity contribution in [3.05, 3.63) is 18.2 Å². The minimum Gasteiger partial charge on any atom is -0.333 e. The van der Waals surface area contributed by atoms with Gasteiger partial charge >= 0.3 is 0 Å². The van der Waals surface area contributed by atoms with Crippen molar-refractivity contribution in [2.75, 3.05) is 13.6 Å². The summed E-state index contributed by atoms with van der Waals surface area (Å²) in [7, 11) is 2.20. The normalized spacial score (nSPS) is 18.4. The molecule has 0 amide bonds. The SMILES string of the molecule is CCCn1cncc1C(CN)N(C)C1CCC1. The fourth-order valence-corrected chi connectivity index (χ4v) is 2.58. The van der Waals surface area contributed by atoms with Gasteiger partial charge in [0, 0.05) is 25.3 Å². The van der Waals surface area contributed by atoms with Crippen LogP contribution in [-0.2, 0) is 6.54 Å². The van der Waals surface area contributed by atoms with Crippen LogP contribution >= 0.6 is 0 Å². The van der Waals surface area contributed by atoms with Gasteiger partial charge in [0.1, 0.15) is 0 Å². The monoisotopic (exact) mass is 236 g/mol. The quantitative estimate of drug-likeness (QED) is 0.819. The van der Waals surface area contributed by atoms with Crippen LogP contribution in [0.2, 0.25) is 0 Å². The number of nitrogens with zero attached hydrogens (tertiary/aromatic N) is 3. The molecule has 1 aliphatic rings. The van der Waals surface area contributed by atoms with E-state index in [4.69, 9.17) is 5.73 Å². The Hall–Kier alpha value is -0.870. The standard InChI is InChI=1S/C13H24N4/c1-3-7-17-10-15-9-13(17)12(8-14)16(2)11-5-4-6-11/h9-12H,3-8,14H2,1-2H3. The van der Waals surface area contributed by atoms with E-state index >= 15 is 0 Å². The Bertz CT molecular complexity index is 343. The van der Waals surface area contributed by atoms with Gasteiger partial charge in [0.25, 0.3) is 0 Å². The van der Waals surface area contributed by atoms with Crippen LogP contribution < -0.4 is 5.73 Å². The summed E-state index contributed by atoms with van der Waals surface area (Å²) in [5.74, 6) is 0. The van der Waals surface area contributed by atoms with E-state index in [1.165, 1.54) is 25.0 Å². The van der Waals surface area contributed by atoms with Crippen LogP contribution in [0.1, 0.15) is 44.3 Å². The van der Waals surface area contributed by atoms with E-state index in [-0.39, 0.29) is 0 Å². The van der Waals surface area contributed by atoms with Gasteiger partial charge in [-0.05, 0) is 26.3 Å². The summed E-state index contributed by atoms with van der Waals surface area (Å²) >= 11 is 0. The molecule has 96 valence electrons. The van der Waals surface area contributed by atoms with Gasteiger partial charge in [-0.3, -0.25) is 4.90 Å². The second kappa shape index (κ2) is 5.65. The molecule has 0 radical (unpaired) electrons. The molecule has 1 unspecified atom stereocenters. The molecule has 4 heteroatoms. The van der Waals surface area contributed by atoms with Crippen molar-refractivity contribution in [2.45, 2.75) is 51.2 Å². The van der Waals surface area contributed by atoms with E-state index in [1.807, 2.05) is 12.5 Å². The summed E-state index contributed by atoms with van der Waals surface area (Å²) < 4.78 is 2.24. The molecule has 2 N–H and O–H groups in total. The molecular formula is C13H24N4. The molecule has 17 heavy (non-hydrogen) atoms. The highest BCUT2D eigenvalue weighted by Crippen LogP contribution is 2.30. The van der Waals surface area contributed by atoms with Gasteiger partial charge in [-0.25, -0.2) is 4.98 Å². The first-order chi connectivity index (χ1) is 8.27. The number of likely N-dealkylation sites (N-methyl/N-ethyl adjacent to an activating group) is 1. The van der Waals surface area contributed by atoms with Gasteiger partial charge in [-0.15, -0.1) is 0 Å². The molecule has 1 aromatic rings.